The van der Waals surface area contributed by atoms with Crippen LogP contribution in [0.1, 0.15) is 18.4 Å². The van der Waals surface area contributed by atoms with Gasteiger partial charge in [0.1, 0.15) is 10.8 Å². The first kappa shape index (κ1) is 18.3. The lowest BCUT2D eigenvalue weighted by molar-refractivity contribution is 0.234. The van der Waals surface area contributed by atoms with Crippen LogP contribution in [-0.2, 0) is 17.2 Å². The number of halogens is 1. The quantitative estimate of drug-likeness (QED) is 0.663. The first-order valence-electron chi connectivity index (χ1n) is 9.42. The minimum absolute atomic E-state index is 0.167. The molecule has 1 fully saturated rings. The highest BCUT2D eigenvalue weighted by Gasteiger charge is 2.25. The molecule has 0 amide bonds. The Morgan fingerprint density at radius 1 is 1.00 bits per heavy atom. The standard InChI is InChI=1S/C22H23FN2OS/c23-19-8-5-17(6-9-19)11-14-25-15-12-20(13-16-25)27(26)22-10-7-18-3-1-2-4-21(18)24-22/h1-10,20H,11-16H2. The van der Waals surface area contributed by atoms with Crippen molar-refractivity contribution in [3.8, 4) is 0 Å². The Hall–Kier alpha value is -2.11. The molecule has 1 atom stereocenters. The first-order valence-corrected chi connectivity index (χ1v) is 10.6. The number of para-hydroxylation sites is 1. The molecule has 0 radical (unpaired) electrons. The molecule has 1 aliphatic heterocycles. The maximum absolute atomic E-state index is 13.0. The predicted molar refractivity (Wildman–Crippen MR) is 108 cm³/mol. The van der Waals surface area contributed by atoms with Gasteiger partial charge in [-0.2, -0.15) is 0 Å². The summed E-state index contributed by atoms with van der Waals surface area (Å²) in [5, 5.41) is 1.94. The second-order valence-electron chi connectivity index (χ2n) is 7.06. The van der Waals surface area contributed by atoms with Crippen LogP contribution in [0.5, 0.6) is 0 Å². The molecule has 0 saturated carbocycles. The second kappa shape index (κ2) is 8.28. The summed E-state index contributed by atoms with van der Waals surface area (Å²) < 4.78 is 25.9. The number of hydrogen-bond donors (Lipinski definition) is 0. The van der Waals surface area contributed by atoms with Crippen molar-refractivity contribution < 1.29 is 8.60 Å². The van der Waals surface area contributed by atoms with Crippen molar-refractivity contribution in [3.05, 3.63) is 72.0 Å². The summed E-state index contributed by atoms with van der Waals surface area (Å²) in [7, 11) is -1.06. The van der Waals surface area contributed by atoms with Crippen LogP contribution in [0.2, 0.25) is 0 Å². The van der Waals surface area contributed by atoms with E-state index in [9.17, 15) is 8.60 Å². The van der Waals surface area contributed by atoms with Crippen LogP contribution < -0.4 is 0 Å². The number of nitrogens with zero attached hydrogens (tertiary/aromatic N) is 2. The van der Waals surface area contributed by atoms with Crippen LogP contribution in [0.15, 0.2) is 65.7 Å². The van der Waals surface area contributed by atoms with Crippen molar-refractivity contribution in [3.63, 3.8) is 0 Å². The van der Waals surface area contributed by atoms with E-state index in [-0.39, 0.29) is 11.1 Å². The zero-order valence-corrected chi connectivity index (χ0v) is 16.0. The largest absolute Gasteiger partial charge is 0.303 e. The molecule has 3 nitrogen and oxygen atoms in total. The summed E-state index contributed by atoms with van der Waals surface area (Å²) in [4.78, 5) is 7.02. The maximum Gasteiger partial charge on any atom is 0.128 e. The van der Waals surface area contributed by atoms with Gasteiger partial charge < -0.3 is 4.90 Å². The highest BCUT2D eigenvalue weighted by atomic mass is 32.2. The molecular formula is C22H23FN2OS. The number of piperidine rings is 1. The predicted octanol–water partition coefficient (Wildman–Crippen LogP) is 4.19. The maximum atomic E-state index is 13.0. The van der Waals surface area contributed by atoms with Crippen LogP contribution in [0.3, 0.4) is 0 Å². The molecule has 140 valence electrons. The summed E-state index contributed by atoms with van der Waals surface area (Å²) in [6.45, 7) is 2.86. The zero-order valence-electron chi connectivity index (χ0n) is 15.2. The van der Waals surface area contributed by atoms with E-state index < -0.39 is 10.8 Å². The van der Waals surface area contributed by atoms with Crippen LogP contribution >= 0.6 is 0 Å². The summed E-state index contributed by atoms with van der Waals surface area (Å²) in [5.74, 6) is -0.190. The van der Waals surface area contributed by atoms with Gasteiger partial charge in [-0.1, -0.05) is 36.4 Å². The third-order valence-electron chi connectivity index (χ3n) is 5.25. The molecule has 1 saturated heterocycles. The van der Waals surface area contributed by atoms with Crippen LogP contribution in [0, 0.1) is 5.82 Å². The summed E-state index contributed by atoms with van der Waals surface area (Å²) in [6.07, 6.45) is 2.76. The zero-order chi connectivity index (χ0) is 18.6. The fraction of sp³-hybridized carbons (Fsp3) is 0.318. The van der Waals surface area contributed by atoms with Gasteiger partial charge >= 0.3 is 0 Å². The fourth-order valence-electron chi connectivity index (χ4n) is 3.62. The topological polar surface area (TPSA) is 33.2 Å². The van der Waals surface area contributed by atoms with Crippen molar-refractivity contribution in [1.29, 1.82) is 0 Å². The molecule has 2 aromatic carbocycles. The molecule has 5 heteroatoms. The van der Waals surface area contributed by atoms with Gasteiger partial charge in [-0.25, -0.2) is 9.37 Å². The number of fused-ring (bicyclic) bond motifs is 1. The smallest absolute Gasteiger partial charge is 0.128 e. The van der Waals surface area contributed by atoms with Crippen LogP contribution in [0.4, 0.5) is 4.39 Å². The number of benzene rings is 2. The SMILES string of the molecule is O=S(c1ccc2ccccc2n1)C1CCN(CCc2ccc(F)cc2)CC1. The molecule has 3 aromatic rings. The van der Waals surface area contributed by atoms with Gasteiger partial charge in [0.05, 0.1) is 16.3 Å². The molecule has 0 bridgehead atoms. The number of aromatic nitrogens is 1. The lowest BCUT2D eigenvalue weighted by Crippen LogP contribution is -2.38. The Kier molecular flexibility index (Phi) is 5.60. The average Bonchev–Trinajstić information content (AvgIpc) is 2.73. The molecular weight excluding hydrogens is 359 g/mol. The monoisotopic (exact) mass is 382 g/mol. The Morgan fingerprint density at radius 3 is 2.52 bits per heavy atom. The van der Waals surface area contributed by atoms with E-state index >= 15 is 0 Å². The summed E-state index contributed by atoms with van der Waals surface area (Å²) >= 11 is 0. The lowest BCUT2D eigenvalue weighted by Gasteiger charge is -2.31. The third-order valence-corrected chi connectivity index (χ3v) is 6.96. The van der Waals surface area contributed by atoms with E-state index in [1.165, 1.54) is 12.1 Å². The molecule has 4 rings (SSSR count). The fourth-order valence-corrected chi connectivity index (χ4v) is 4.99. The number of hydrogen-bond acceptors (Lipinski definition) is 3. The summed E-state index contributed by atoms with van der Waals surface area (Å²) in [5.41, 5.74) is 2.06. The van der Waals surface area contributed by atoms with Crippen molar-refractivity contribution in [1.82, 2.24) is 9.88 Å². The van der Waals surface area contributed by atoms with E-state index in [1.54, 1.807) is 0 Å². The summed E-state index contributed by atoms with van der Waals surface area (Å²) in [6, 6.07) is 18.6. The molecule has 0 N–H and O–H groups in total. The molecule has 1 unspecified atom stereocenters. The Morgan fingerprint density at radius 2 is 1.74 bits per heavy atom. The Bertz CT molecular complexity index is 936. The normalized spacial score (nSPS) is 17.2. The van der Waals surface area contributed by atoms with Crippen LogP contribution in [0.25, 0.3) is 10.9 Å². The second-order valence-corrected chi connectivity index (χ2v) is 8.74. The number of likely N-dealkylation sites (tertiary alicyclic amines) is 1. The highest BCUT2D eigenvalue weighted by Crippen LogP contribution is 2.22. The minimum Gasteiger partial charge on any atom is -0.303 e. The molecule has 0 aliphatic carbocycles. The lowest BCUT2D eigenvalue weighted by atomic mass is 10.1. The van der Waals surface area contributed by atoms with Gasteiger partial charge in [-0.05, 0) is 62.2 Å². The van der Waals surface area contributed by atoms with E-state index in [0.29, 0.717) is 5.03 Å². The third kappa shape index (κ3) is 4.42. The van der Waals surface area contributed by atoms with E-state index in [0.717, 1.165) is 55.4 Å². The van der Waals surface area contributed by atoms with Crippen molar-refractivity contribution in [2.24, 2.45) is 0 Å². The van der Waals surface area contributed by atoms with E-state index in [1.807, 2.05) is 48.5 Å². The van der Waals surface area contributed by atoms with Gasteiger partial charge in [-0.3, -0.25) is 4.21 Å². The average molecular weight is 383 g/mol. The van der Waals surface area contributed by atoms with Crippen molar-refractivity contribution in [2.45, 2.75) is 29.5 Å². The molecule has 2 heterocycles. The molecule has 0 spiro atoms. The first-order chi connectivity index (χ1) is 13.2. The van der Waals surface area contributed by atoms with Crippen molar-refractivity contribution >= 4 is 21.7 Å². The van der Waals surface area contributed by atoms with Gasteiger partial charge in [0, 0.05) is 17.2 Å². The number of rotatable bonds is 5. The Balaban J connectivity index is 1.32. The Labute approximate surface area is 161 Å². The van der Waals surface area contributed by atoms with E-state index in [4.69, 9.17) is 0 Å². The van der Waals surface area contributed by atoms with Gasteiger partial charge in [0.15, 0.2) is 0 Å². The molecule has 1 aromatic heterocycles. The van der Waals surface area contributed by atoms with Gasteiger partial charge in [0.25, 0.3) is 0 Å². The highest BCUT2D eigenvalue weighted by molar-refractivity contribution is 7.85. The van der Waals surface area contributed by atoms with Crippen LogP contribution in [-0.4, -0.2) is 39.0 Å². The minimum atomic E-state index is -1.06. The molecule has 27 heavy (non-hydrogen) atoms. The number of pyridine rings is 1. The van der Waals surface area contributed by atoms with Crippen molar-refractivity contribution in [2.75, 3.05) is 19.6 Å². The molecule has 1 aliphatic rings. The van der Waals surface area contributed by atoms with Gasteiger partial charge in [-0.15, -0.1) is 0 Å². The van der Waals surface area contributed by atoms with Gasteiger partial charge in [0.2, 0.25) is 0 Å². The van der Waals surface area contributed by atoms with E-state index in [2.05, 4.69) is 9.88 Å².